The Hall–Kier alpha value is -1.83. The summed E-state index contributed by atoms with van der Waals surface area (Å²) in [5.41, 5.74) is 0.281. The van der Waals surface area contributed by atoms with E-state index in [0.717, 1.165) is 0 Å². The number of carbonyl (C=O) groups excluding carboxylic acids is 1. The highest BCUT2D eigenvalue weighted by Crippen LogP contribution is 2.17. The number of carbonyl (C=O) groups is 1. The van der Waals surface area contributed by atoms with Crippen molar-refractivity contribution in [2.24, 2.45) is 0 Å². The second kappa shape index (κ2) is 2.34. The van der Waals surface area contributed by atoms with E-state index in [-0.39, 0.29) is 11.6 Å². The molecular weight excluding hydrogens is 156 g/mol. The van der Waals surface area contributed by atoms with Crippen LogP contribution in [0.25, 0.3) is 0 Å². The number of nitrogens with one attached hydrogen (secondary N) is 1. The second-order valence-electron chi connectivity index (χ2n) is 2.55. The first kappa shape index (κ1) is 6.85. The lowest BCUT2D eigenvalue weighted by atomic mass is 10.3. The van der Waals surface area contributed by atoms with Crippen LogP contribution in [0.5, 0.6) is 0 Å². The molecule has 0 radical (unpaired) electrons. The fraction of sp³-hybridized carbons (Fsp3) is 0.286. The van der Waals surface area contributed by atoms with Gasteiger partial charge in [0.15, 0.2) is 11.5 Å². The van der Waals surface area contributed by atoms with Crippen molar-refractivity contribution in [2.45, 2.75) is 13.0 Å². The topological polar surface area (TPSA) is 70.7 Å². The van der Waals surface area contributed by atoms with E-state index in [1.807, 2.05) is 6.07 Å². The van der Waals surface area contributed by atoms with Gasteiger partial charge in [0, 0.05) is 13.0 Å². The van der Waals surface area contributed by atoms with E-state index in [1.165, 1.54) is 0 Å². The summed E-state index contributed by atoms with van der Waals surface area (Å²) in [6.45, 7) is 0.607. The Bertz CT molecular complexity index is 373. The van der Waals surface area contributed by atoms with Crippen LogP contribution in [0.3, 0.4) is 0 Å². The molecule has 1 aromatic rings. The number of amides is 1. The van der Waals surface area contributed by atoms with E-state index in [1.54, 1.807) is 10.9 Å². The molecule has 0 saturated carbocycles. The Labute approximate surface area is 68.6 Å². The zero-order valence-corrected chi connectivity index (χ0v) is 6.24. The summed E-state index contributed by atoms with van der Waals surface area (Å²) in [5, 5.41) is 11.2. The number of rotatable bonds is 0. The van der Waals surface area contributed by atoms with E-state index < -0.39 is 0 Å². The minimum Gasteiger partial charge on any atom is -0.316 e. The van der Waals surface area contributed by atoms with E-state index >= 15 is 0 Å². The molecule has 0 aromatic carbocycles. The third kappa shape index (κ3) is 0.855. The molecule has 2 rings (SSSR count). The van der Waals surface area contributed by atoms with Crippen LogP contribution in [0.15, 0.2) is 6.33 Å². The van der Waals surface area contributed by atoms with E-state index in [0.29, 0.717) is 18.8 Å². The van der Waals surface area contributed by atoms with Gasteiger partial charge in [-0.2, -0.15) is 5.26 Å². The molecule has 1 aliphatic heterocycles. The summed E-state index contributed by atoms with van der Waals surface area (Å²) >= 11 is 0. The van der Waals surface area contributed by atoms with Gasteiger partial charge in [0.1, 0.15) is 6.07 Å². The van der Waals surface area contributed by atoms with Crippen molar-refractivity contribution in [1.82, 2.24) is 9.55 Å². The normalized spacial score (nSPS) is 14.8. The van der Waals surface area contributed by atoms with Gasteiger partial charge in [-0.1, -0.05) is 0 Å². The minimum atomic E-state index is -0.0560. The lowest BCUT2D eigenvalue weighted by molar-refractivity contribution is -0.116. The van der Waals surface area contributed by atoms with Crippen LogP contribution in [0.2, 0.25) is 0 Å². The summed E-state index contributed by atoms with van der Waals surface area (Å²) < 4.78 is 1.76. The van der Waals surface area contributed by atoms with Crippen LogP contribution >= 0.6 is 0 Å². The molecule has 60 valence electrons. The van der Waals surface area contributed by atoms with Crippen molar-refractivity contribution < 1.29 is 4.79 Å². The Kier molecular flexibility index (Phi) is 1.34. The molecule has 5 heteroatoms. The van der Waals surface area contributed by atoms with Crippen molar-refractivity contribution in [3.05, 3.63) is 12.0 Å². The molecule has 1 aromatic heterocycles. The number of nitriles is 1. The standard InChI is InChI=1S/C7H6N4O/c8-3-5-7-10-6(12)1-2-11(7)4-9-5/h4H,1-2H2,(H,10,12). The fourth-order valence-corrected chi connectivity index (χ4v) is 1.18. The first-order valence-electron chi connectivity index (χ1n) is 3.56. The quantitative estimate of drug-likeness (QED) is 0.588. The molecule has 0 spiro atoms. The minimum absolute atomic E-state index is 0.0560. The molecule has 0 aliphatic carbocycles. The maximum absolute atomic E-state index is 10.9. The van der Waals surface area contributed by atoms with E-state index in [4.69, 9.17) is 5.26 Å². The van der Waals surface area contributed by atoms with Crippen LogP contribution in [0, 0.1) is 11.3 Å². The smallest absolute Gasteiger partial charge is 0.227 e. The van der Waals surface area contributed by atoms with Gasteiger partial charge in [-0.25, -0.2) is 4.98 Å². The molecule has 0 bridgehead atoms. The highest BCUT2D eigenvalue weighted by atomic mass is 16.1. The monoisotopic (exact) mass is 162 g/mol. The van der Waals surface area contributed by atoms with Crippen LogP contribution < -0.4 is 5.32 Å². The number of hydrogen-bond donors (Lipinski definition) is 1. The van der Waals surface area contributed by atoms with Gasteiger partial charge in [0.05, 0.1) is 6.33 Å². The molecule has 1 aliphatic rings. The SMILES string of the molecule is N#Cc1ncn2c1NC(=O)CC2. The molecule has 0 atom stereocenters. The second-order valence-corrected chi connectivity index (χ2v) is 2.55. The number of nitrogens with zero attached hydrogens (tertiary/aromatic N) is 3. The molecule has 5 nitrogen and oxygen atoms in total. The molecule has 0 unspecified atom stereocenters. The van der Waals surface area contributed by atoms with E-state index in [2.05, 4.69) is 10.3 Å². The summed E-state index contributed by atoms with van der Waals surface area (Å²) in [6.07, 6.45) is 2.02. The van der Waals surface area contributed by atoms with Gasteiger partial charge in [-0.3, -0.25) is 4.79 Å². The van der Waals surface area contributed by atoms with Gasteiger partial charge < -0.3 is 9.88 Å². The van der Waals surface area contributed by atoms with E-state index in [9.17, 15) is 4.79 Å². The van der Waals surface area contributed by atoms with Gasteiger partial charge in [-0.05, 0) is 0 Å². The highest BCUT2D eigenvalue weighted by molar-refractivity contribution is 5.92. The van der Waals surface area contributed by atoms with Crippen molar-refractivity contribution in [3.8, 4) is 6.07 Å². The van der Waals surface area contributed by atoms with Gasteiger partial charge in [-0.15, -0.1) is 0 Å². The fourth-order valence-electron chi connectivity index (χ4n) is 1.18. The zero-order chi connectivity index (χ0) is 8.55. The van der Waals surface area contributed by atoms with Crippen molar-refractivity contribution >= 4 is 11.7 Å². The Morgan fingerprint density at radius 2 is 2.58 bits per heavy atom. The third-order valence-corrected chi connectivity index (χ3v) is 1.78. The van der Waals surface area contributed by atoms with Crippen LogP contribution in [-0.2, 0) is 11.3 Å². The Morgan fingerprint density at radius 1 is 1.75 bits per heavy atom. The summed E-state index contributed by atoms with van der Waals surface area (Å²) in [4.78, 5) is 14.8. The number of imidazole rings is 1. The molecule has 1 N–H and O–H groups in total. The van der Waals surface area contributed by atoms with Gasteiger partial charge in [0.2, 0.25) is 5.91 Å². The number of anilines is 1. The first-order valence-corrected chi connectivity index (χ1v) is 3.56. The largest absolute Gasteiger partial charge is 0.316 e. The van der Waals surface area contributed by atoms with Crippen LogP contribution in [0.4, 0.5) is 5.82 Å². The van der Waals surface area contributed by atoms with Crippen molar-refractivity contribution in [1.29, 1.82) is 5.26 Å². The number of aryl methyl sites for hydroxylation is 1. The first-order chi connectivity index (χ1) is 5.81. The highest BCUT2D eigenvalue weighted by Gasteiger charge is 2.18. The van der Waals surface area contributed by atoms with Crippen LogP contribution in [-0.4, -0.2) is 15.5 Å². The number of hydrogen-bond acceptors (Lipinski definition) is 3. The van der Waals surface area contributed by atoms with Crippen LogP contribution in [0.1, 0.15) is 12.1 Å². The molecule has 1 amide bonds. The Balaban J connectivity index is 2.48. The lowest BCUT2D eigenvalue weighted by Gasteiger charge is -2.14. The zero-order valence-electron chi connectivity index (χ0n) is 6.24. The van der Waals surface area contributed by atoms with Gasteiger partial charge >= 0.3 is 0 Å². The number of fused-ring (bicyclic) bond motifs is 1. The molecule has 2 heterocycles. The third-order valence-electron chi connectivity index (χ3n) is 1.78. The summed E-state index contributed by atoms with van der Waals surface area (Å²) in [6, 6.07) is 1.91. The summed E-state index contributed by atoms with van der Waals surface area (Å²) in [5.74, 6) is 0.466. The van der Waals surface area contributed by atoms with Crippen molar-refractivity contribution in [3.63, 3.8) is 0 Å². The average molecular weight is 162 g/mol. The molecular formula is C7H6N4O. The lowest BCUT2D eigenvalue weighted by Crippen LogP contribution is -2.22. The Morgan fingerprint density at radius 3 is 3.33 bits per heavy atom. The molecule has 12 heavy (non-hydrogen) atoms. The summed E-state index contributed by atoms with van der Waals surface area (Å²) in [7, 11) is 0. The maximum Gasteiger partial charge on any atom is 0.227 e. The number of aromatic nitrogens is 2. The molecule has 0 saturated heterocycles. The predicted molar refractivity (Wildman–Crippen MR) is 40.2 cm³/mol. The predicted octanol–water partition coefficient (Wildman–Crippen LogP) is 0.0970. The van der Waals surface area contributed by atoms with Crippen molar-refractivity contribution in [2.75, 3.05) is 5.32 Å². The molecule has 0 fully saturated rings. The maximum atomic E-state index is 10.9. The average Bonchev–Trinajstić information content (AvgIpc) is 2.46. The van der Waals surface area contributed by atoms with Gasteiger partial charge in [0.25, 0.3) is 0 Å².